The summed E-state index contributed by atoms with van der Waals surface area (Å²) in [4.78, 5) is 33.4. The predicted molar refractivity (Wildman–Crippen MR) is 119 cm³/mol. The molecule has 0 spiro atoms. The molecule has 6 nitrogen and oxygen atoms in total. The summed E-state index contributed by atoms with van der Waals surface area (Å²) in [5.41, 5.74) is 4.37. The van der Waals surface area contributed by atoms with Gasteiger partial charge in [-0.05, 0) is 47.5 Å². The summed E-state index contributed by atoms with van der Waals surface area (Å²) < 4.78 is 1.98. The van der Waals surface area contributed by atoms with Gasteiger partial charge in [-0.2, -0.15) is 0 Å². The number of aromatic nitrogens is 2. The highest BCUT2D eigenvalue weighted by Crippen LogP contribution is 2.21. The molecule has 6 heteroatoms. The maximum atomic E-state index is 12.9. The van der Waals surface area contributed by atoms with Crippen molar-refractivity contribution in [2.24, 2.45) is 0 Å². The summed E-state index contributed by atoms with van der Waals surface area (Å²) in [5, 5.41) is 0. The van der Waals surface area contributed by atoms with Gasteiger partial charge in [-0.15, -0.1) is 0 Å². The standard InChI is InChI=1S/C25H22N4O2/c30-24(20-4-2-1-3-5-20)27-14-16-28(17-15-27)25(31)21-8-6-19(7-9-21)22-10-11-23-26-12-13-29(23)18-22/h1-13,18H,14-17H2. The molecule has 1 aliphatic rings. The van der Waals surface area contributed by atoms with Crippen molar-refractivity contribution in [1.82, 2.24) is 19.2 Å². The molecule has 1 fully saturated rings. The Morgan fingerprint density at radius 2 is 1.26 bits per heavy atom. The molecule has 5 rings (SSSR count). The Morgan fingerprint density at radius 3 is 1.90 bits per heavy atom. The van der Waals surface area contributed by atoms with Gasteiger partial charge >= 0.3 is 0 Å². The zero-order chi connectivity index (χ0) is 21.2. The van der Waals surface area contributed by atoms with Gasteiger partial charge < -0.3 is 14.2 Å². The molecule has 0 unspecified atom stereocenters. The second-order valence-corrected chi connectivity index (χ2v) is 7.64. The van der Waals surface area contributed by atoms with Crippen LogP contribution in [-0.4, -0.2) is 57.2 Å². The summed E-state index contributed by atoms with van der Waals surface area (Å²) in [7, 11) is 0. The average Bonchev–Trinajstić information content (AvgIpc) is 3.32. The molecule has 0 aliphatic carbocycles. The van der Waals surface area contributed by atoms with Crippen LogP contribution in [0, 0.1) is 0 Å². The van der Waals surface area contributed by atoms with Crippen molar-refractivity contribution in [1.29, 1.82) is 0 Å². The molecular weight excluding hydrogens is 388 g/mol. The van der Waals surface area contributed by atoms with Crippen molar-refractivity contribution in [3.05, 3.63) is 96.4 Å². The van der Waals surface area contributed by atoms with Gasteiger partial charge in [0.25, 0.3) is 11.8 Å². The maximum absolute atomic E-state index is 12.9. The van der Waals surface area contributed by atoms with Crippen molar-refractivity contribution >= 4 is 17.5 Å². The molecule has 2 aromatic carbocycles. The molecule has 154 valence electrons. The molecule has 4 aromatic rings. The van der Waals surface area contributed by atoms with Gasteiger partial charge in [-0.3, -0.25) is 9.59 Å². The Labute approximate surface area is 180 Å². The van der Waals surface area contributed by atoms with Crippen LogP contribution in [0.3, 0.4) is 0 Å². The van der Waals surface area contributed by atoms with E-state index in [0.29, 0.717) is 37.3 Å². The highest BCUT2D eigenvalue weighted by Gasteiger charge is 2.25. The van der Waals surface area contributed by atoms with Crippen LogP contribution in [0.5, 0.6) is 0 Å². The van der Waals surface area contributed by atoms with E-state index in [-0.39, 0.29) is 11.8 Å². The number of rotatable bonds is 3. The van der Waals surface area contributed by atoms with Crippen LogP contribution in [0.15, 0.2) is 85.3 Å². The predicted octanol–water partition coefficient (Wildman–Crippen LogP) is 3.60. The number of amides is 2. The Hall–Kier alpha value is -3.93. The first kappa shape index (κ1) is 19.1. The van der Waals surface area contributed by atoms with Crippen molar-refractivity contribution in [3.8, 4) is 11.1 Å². The topological polar surface area (TPSA) is 57.9 Å². The van der Waals surface area contributed by atoms with E-state index in [9.17, 15) is 9.59 Å². The third-order valence-electron chi connectivity index (χ3n) is 5.73. The van der Waals surface area contributed by atoms with E-state index in [1.54, 1.807) is 6.20 Å². The quantitative estimate of drug-likeness (QED) is 0.519. The van der Waals surface area contributed by atoms with Crippen molar-refractivity contribution < 1.29 is 9.59 Å². The minimum absolute atomic E-state index is 0.00317. The monoisotopic (exact) mass is 410 g/mol. The van der Waals surface area contributed by atoms with Crippen LogP contribution < -0.4 is 0 Å². The number of pyridine rings is 1. The summed E-state index contributed by atoms with van der Waals surface area (Å²) in [6, 6.07) is 21.0. The lowest BCUT2D eigenvalue weighted by molar-refractivity contribution is 0.0535. The van der Waals surface area contributed by atoms with Crippen LogP contribution in [0.1, 0.15) is 20.7 Å². The first-order chi connectivity index (χ1) is 15.2. The molecule has 31 heavy (non-hydrogen) atoms. The molecule has 0 bridgehead atoms. The Morgan fingerprint density at radius 1 is 0.677 bits per heavy atom. The Kier molecular flexibility index (Phi) is 4.96. The molecule has 0 N–H and O–H groups in total. The zero-order valence-electron chi connectivity index (χ0n) is 17.0. The molecule has 0 saturated carbocycles. The van der Waals surface area contributed by atoms with Crippen LogP contribution in [-0.2, 0) is 0 Å². The van der Waals surface area contributed by atoms with Gasteiger partial charge in [-0.1, -0.05) is 30.3 Å². The van der Waals surface area contributed by atoms with E-state index < -0.39 is 0 Å². The van der Waals surface area contributed by atoms with Crippen molar-refractivity contribution in [3.63, 3.8) is 0 Å². The fraction of sp³-hybridized carbons (Fsp3) is 0.160. The number of carbonyl (C=O) groups is 2. The summed E-state index contributed by atoms with van der Waals surface area (Å²) in [6.07, 6.45) is 5.72. The minimum atomic E-state index is 0.00317. The molecule has 1 aliphatic heterocycles. The Bertz CT molecular complexity index is 1220. The summed E-state index contributed by atoms with van der Waals surface area (Å²) in [6.45, 7) is 2.16. The van der Waals surface area contributed by atoms with E-state index in [1.807, 2.05) is 93.3 Å². The third-order valence-corrected chi connectivity index (χ3v) is 5.73. The first-order valence-corrected chi connectivity index (χ1v) is 10.4. The van der Waals surface area contributed by atoms with E-state index >= 15 is 0 Å². The minimum Gasteiger partial charge on any atom is -0.335 e. The molecule has 1 saturated heterocycles. The second kappa shape index (κ2) is 8.07. The summed E-state index contributed by atoms with van der Waals surface area (Å²) >= 11 is 0. The first-order valence-electron chi connectivity index (χ1n) is 10.4. The van der Waals surface area contributed by atoms with Gasteiger partial charge in [-0.25, -0.2) is 4.98 Å². The number of nitrogens with zero attached hydrogens (tertiary/aromatic N) is 4. The SMILES string of the molecule is O=C(c1ccccc1)N1CCN(C(=O)c2ccc(-c3ccc4nccn4c3)cc2)CC1. The van der Waals surface area contributed by atoms with E-state index in [4.69, 9.17) is 0 Å². The largest absolute Gasteiger partial charge is 0.335 e. The van der Waals surface area contributed by atoms with Gasteiger partial charge in [0.1, 0.15) is 5.65 Å². The lowest BCUT2D eigenvalue weighted by Gasteiger charge is -2.35. The second-order valence-electron chi connectivity index (χ2n) is 7.64. The van der Waals surface area contributed by atoms with E-state index in [2.05, 4.69) is 4.98 Å². The number of imidazole rings is 1. The molecule has 0 atom stereocenters. The molecule has 3 heterocycles. The normalized spacial score (nSPS) is 14.1. The van der Waals surface area contributed by atoms with Crippen LogP contribution in [0.25, 0.3) is 16.8 Å². The number of fused-ring (bicyclic) bond motifs is 1. The molecular formula is C25H22N4O2. The zero-order valence-corrected chi connectivity index (χ0v) is 17.0. The third kappa shape index (κ3) is 3.80. The van der Waals surface area contributed by atoms with Gasteiger partial charge in [0.15, 0.2) is 0 Å². The molecule has 2 aromatic heterocycles. The van der Waals surface area contributed by atoms with E-state index in [1.165, 1.54) is 0 Å². The Balaban J connectivity index is 1.24. The fourth-order valence-corrected chi connectivity index (χ4v) is 3.95. The van der Waals surface area contributed by atoms with Gasteiger partial charge in [0, 0.05) is 55.9 Å². The lowest BCUT2D eigenvalue weighted by atomic mass is 10.0. The molecule has 0 radical (unpaired) electrons. The van der Waals surface area contributed by atoms with Crippen LogP contribution >= 0.6 is 0 Å². The lowest BCUT2D eigenvalue weighted by Crippen LogP contribution is -2.50. The van der Waals surface area contributed by atoms with E-state index in [0.717, 1.165) is 16.8 Å². The van der Waals surface area contributed by atoms with Crippen LogP contribution in [0.4, 0.5) is 0 Å². The highest BCUT2D eigenvalue weighted by molar-refractivity contribution is 5.96. The van der Waals surface area contributed by atoms with Gasteiger partial charge in [0.2, 0.25) is 0 Å². The van der Waals surface area contributed by atoms with Crippen molar-refractivity contribution in [2.45, 2.75) is 0 Å². The number of piperazine rings is 1. The fourth-order valence-electron chi connectivity index (χ4n) is 3.95. The molecule has 2 amide bonds. The van der Waals surface area contributed by atoms with Gasteiger partial charge in [0.05, 0.1) is 0 Å². The number of hydrogen-bond donors (Lipinski definition) is 0. The maximum Gasteiger partial charge on any atom is 0.253 e. The van der Waals surface area contributed by atoms with Crippen molar-refractivity contribution in [2.75, 3.05) is 26.2 Å². The smallest absolute Gasteiger partial charge is 0.253 e. The highest BCUT2D eigenvalue weighted by atomic mass is 16.2. The van der Waals surface area contributed by atoms with Crippen LogP contribution in [0.2, 0.25) is 0 Å². The summed E-state index contributed by atoms with van der Waals surface area (Å²) in [5.74, 6) is 0.0235. The average molecular weight is 410 g/mol. The number of benzene rings is 2. The number of hydrogen-bond acceptors (Lipinski definition) is 3. The number of carbonyl (C=O) groups excluding carboxylic acids is 2.